The molecule has 0 aromatic heterocycles. The zero-order valence-corrected chi connectivity index (χ0v) is 23.1. The number of carbonyl (C=O) groups is 3. The van der Waals surface area contributed by atoms with E-state index in [9.17, 15) is 19.5 Å². The Morgan fingerprint density at radius 3 is 2.11 bits per heavy atom. The van der Waals surface area contributed by atoms with Crippen LogP contribution in [0.15, 0.2) is 30.3 Å². The van der Waals surface area contributed by atoms with E-state index in [2.05, 4.69) is 23.4 Å². The maximum absolute atomic E-state index is 11.3. The summed E-state index contributed by atoms with van der Waals surface area (Å²) in [4.78, 5) is 38.2. The molecule has 0 aliphatic carbocycles. The summed E-state index contributed by atoms with van der Waals surface area (Å²) in [6, 6.07) is 9.79. The maximum Gasteiger partial charge on any atom is 0.319 e. The van der Waals surface area contributed by atoms with Crippen molar-refractivity contribution in [2.24, 2.45) is 23.5 Å². The molecule has 0 saturated carbocycles. The van der Waals surface area contributed by atoms with Gasteiger partial charge in [-0.25, -0.2) is 5.90 Å². The molecule has 0 heterocycles. The number of carbonyl (C=O) groups excluding carboxylic acids is 3. The van der Waals surface area contributed by atoms with Crippen LogP contribution in [-0.2, 0) is 30.6 Å². The van der Waals surface area contributed by atoms with Gasteiger partial charge in [-0.15, -0.1) is 0 Å². The molecule has 0 spiro atoms. The SMILES string of the molecule is CCC(CC)C(C)(O)N(CC)CC(=O)OC.CCCC[C@H](CC=O)C(N)=O.NOCc1ccccc1. The lowest BCUT2D eigenvalue weighted by molar-refractivity contribution is -0.162. The van der Waals surface area contributed by atoms with Crippen molar-refractivity contribution in [3.05, 3.63) is 35.9 Å². The van der Waals surface area contributed by atoms with E-state index in [1.807, 2.05) is 44.2 Å². The van der Waals surface area contributed by atoms with E-state index in [-0.39, 0.29) is 36.7 Å². The number of esters is 1. The number of nitrogens with zero attached hydrogens (tertiary/aromatic N) is 1. The highest BCUT2D eigenvalue weighted by Gasteiger charge is 2.36. The first kappa shape index (κ1) is 35.8. The molecular weight excluding hydrogens is 462 g/mol. The van der Waals surface area contributed by atoms with Crippen molar-refractivity contribution in [3.8, 4) is 0 Å². The standard InChI is InChI=1S/C12H25NO3.C8H15NO2.C7H9NO/c1-6-10(7-2)12(4,15)13(8-3)9-11(14)16-5;1-2-3-4-7(5-6-10)8(9)11;8-9-6-7-4-2-1-3-5-7/h10,15H,6-9H2,1-5H3;6-7H,2-5H2,1H3,(H2,9,11);1-5H,6,8H2/t;7-;/m.1./s1. The normalized spacial score (nSPS) is 12.9. The molecular formula is C27H49N3O6. The van der Waals surface area contributed by atoms with E-state index >= 15 is 0 Å². The molecule has 1 unspecified atom stereocenters. The van der Waals surface area contributed by atoms with E-state index < -0.39 is 5.72 Å². The van der Waals surface area contributed by atoms with Crippen LogP contribution in [0.1, 0.15) is 78.7 Å². The third kappa shape index (κ3) is 15.6. The summed E-state index contributed by atoms with van der Waals surface area (Å²) in [7, 11) is 1.36. The number of ether oxygens (including phenoxy) is 1. The van der Waals surface area contributed by atoms with Crippen LogP contribution >= 0.6 is 0 Å². The second kappa shape index (κ2) is 21.9. The summed E-state index contributed by atoms with van der Waals surface area (Å²) >= 11 is 0. The average molecular weight is 512 g/mol. The highest BCUT2D eigenvalue weighted by molar-refractivity contribution is 5.79. The number of likely N-dealkylation sites (N-methyl/N-ethyl adjacent to an activating group) is 1. The van der Waals surface area contributed by atoms with Crippen molar-refractivity contribution < 1.29 is 29.1 Å². The van der Waals surface area contributed by atoms with E-state index in [1.54, 1.807) is 11.8 Å². The lowest BCUT2D eigenvalue weighted by Gasteiger charge is -2.41. The Balaban J connectivity index is 0. The maximum atomic E-state index is 11.3. The van der Waals surface area contributed by atoms with Crippen molar-refractivity contribution in [2.45, 2.75) is 85.5 Å². The van der Waals surface area contributed by atoms with Crippen LogP contribution in [0, 0.1) is 11.8 Å². The van der Waals surface area contributed by atoms with Gasteiger partial charge in [-0.05, 0) is 38.3 Å². The summed E-state index contributed by atoms with van der Waals surface area (Å²) < 4.78 is 4.63. The van der Waals surface area contributed by atoms with Crippen molar-refractivity contribution >= 4 is 18.2 Å². The smallest absolute Gasteiger partial charge is 0.319 e. The fourth-order valence-corrected chi connectivity index (χ4v) is 3.75. The van der Waals surface area contributed by atoms with E-state index in [1.165, 1.54) is 7.11 Å². The minimum Gasteiger partial charge on any atom is -0.468 e. The number of primary amides is 1. The number of hydrogen-bond acceptors (Lipinski definition) is 8. The van der Waals surface area contributed by atoms with Crippen LogP contribution in [-0.4, -0.2) is 54.1 Å². The fourth-order valence-electron chi connectivity index (χ4n) is 3.75. The molecule has 2 atom stereocenters. The largest absolute Gasteiger partial charge is 0.468 e. The second-order valence-electron chi connectivity index (χ2n) is 8.64. The number of aldehydes is 1. The van der Waals surface area contributed by atoms with Crippen molar-refractivity contribution in [1.29, 1.82) is 0 Å². The van der Waals surface area contributed by atoms with Crippen molar-refractivity contribution in [1.82, 2.24) is 4.90 Å². The van der Waals surface area contributed by atoms with Gasteiger partial charge in [0.05, 0.1) is 20.3 Å². The summed E-state index contributed by atoms with van der Waals surface area (Å²) in [6.07, 6.45) is 5.54. The molecule has 9 heteroatoms. The zero-order chi connectivity index (χ0) is 28.0. The summed E-state index contributed by atoms with van der Waals surface area (Å²) in [5.41, 5.74) is 5.21. The molecule has 1 aromatic rings. The Labute approximate surface area is 217 Å². The molecule has 208 valence electrons. The van der Waals surface area contributed by atoms with E-state index in [4.69, 9.17) is 11.6 Å². The zero-order valence-electron chi connectivity index (χ0n) is 23.1. The monoisotopic (exact) mass is 511 g/mol. The summed E-state index contributed by atoms with van der Waals surface area (Å²) in [5, 5.41) is 10.5. The molecule has 0 aliphatic rings. The van der Waals surface area contributed by atoms with E-state index in [0.717, 1.165) is 44.0 Å². The molecule has 1 aromatic carbocycles. The first-order valence-electron chi connectivity index (χ1n) is 12.7. The summed E-state index contributed by atoms with van der Waals surface area (Å²) in [6.45, 7) is 11.1. The molecule has 0 fully saturated rings. The molecule has 0 saturated heterocycles. The van der Waals surface area contributed by atoms with Crippen molar-refractivity contribution in [2.75, 3.05) is 20.2 Å². The Morgan fingerprint density at radius 2 is 1.72 bits per heavy atom. The van der Waals surface area contributed by atoms with Crippen LogP contribution in [0.4, 0.5) is 0 Å². The third-order valence-corrected chi connectivity index (χ3v) is 6.11. The lowest BCUT2D eigenvalue weighted by atomic mass is 9.90. The number of rotatable bonds is 15. The fraction of sp³-hybridized carbons (Fsp3) is 0.667. The molecule has 5 N–H and O–H groups in total. The van der Waals surface area contributed by atoms with Gasteiger partial charge in [0.25, 0.3) is 0 Å². The Hall–Kier alpha value is -2.33. The van der Waals surface area contributed by atoms with Gasteiger partial charge in [-0.2, -0.15) is 0 Å². The second-order valence-corrected chi connectivity index (χ2v) is 8.64. The average Bonchev–Trinajstić information content (AvgIpc) is 2.86. The Kier molecular flexibility index (Phi) is 21.8. The minimum atomic E-state index is -0.952. The van der Waals surface area contributed by atoms with Crippen LogP contribution in [0.5, 0.6) is 0 Å². The van der Waals surface area contributed by atoms with E-state index in [0.29, 0.717) is 13.2 Å². The predicted octanol–water partition coefficient (Wildman–Crippen LogP) is 3.57. The number of hydrogen-bond donors (Lipinski definition) is 3. The molecule has 1 amide bonds. The van der Waals surface area contributed by atoms with Gasteiger partial charge in [-0.1, -0.05) is 70.9 Å². The molecule has 1 rings (SSSR count). The minimum absolute atomic E-state index is 0.135. The van der Waals surface area contributed by atoms with Crippen molar-refractivity contribution in [3.63, 3.8) is 0 Å². The summed E-state index contributed by atoms with van der Waals surface area (Å²) in [5.74, 6) is 4.11. The third-order valence-electron chi connectivity index (χ3n) is 6.11. The van der Waals surface area contributed by atoms with Crippen LogP contribution < -0.4 is 11.6 Å². The number of benzene rings is 1. The van der Waals surface area contributed by atoms with Gasteiger partial charge in [0, 0.05) is 18.3 Å². The first-order chi connectivity index (χ1) is 17.1. The van der Waals surface area contributed by atoms with Gasteiger partial charge in [0.2, 0.25) is 5.91 Å². The lowest BCUT2D eigenvalue weighted by Crippen LogP contribution is -2.53. The quantitative estimate of drug-likeness (QED) is 0.140. The molecule has 0 bridgehead atoms. The van der Waals surface area contributed by atoms with Gasteiger partial charge in [0.15, 0.2) is 0 Å². The van der Waals surface area contributed by atoms with Crippen LogP contribution in [0.3, 0.4) is 0 Å². The highest BCUT2D eigenvalue weighted by Crippen LogP contribution is 2.27. The number of nitrogens with two attached hydrogens (primary N) is 2. The van der Waals surface area contributed by atoms with Gasteiger partial charge in [-0.3, -0.25) is 19.3 Å². The van der Waals surface area contributed by atoms with Gasteiger partial charge >= 0.3 is 5.97 Å². The van der Waals surface area contributed by atoms with Crippen LogP contribution in [0.2, 0.25) is 0 Å². The van der Waals surface area contributed by atoms with Gasteiger partial charge < -0.3 is 20.4 Å². The predicted molar refractivity (Wildman–Crippen MR) is 142 cm³/mol. The Bertz CT molecular complexity index is 696. The molecule has 9 nitrogen and oxygen atoms in total. The highest BCUT2D eigenvalue weighted by atomic mass is 16.6. The topological polar surface area (TPSA) is 145 Å². The first-order valence-corrected chi connectivity index (χ1v) is 12.7. The van der Waals surface area contributed by atoms with Crippen LogP contribution in [0.25, 0.3) is 0 Å². The molecule has 36 heavy (non-hydrogen) atoms. The number of amides is 1. The molecule has 0 aliphatic heterocycles. The Morgan fingerprint density at radius 1 is 1.14 bits per heavy atom. The van der Waals surface area contributed by atoms with Gasteiger partial charge in [0.1, 0.15) is 12.0 Å². The number of unbranched alkanes of at least 4 members (excludes halogenated alkanes) is 1. The number of aliphatic hydroxyl groups is 1. The number of methoxy groups -OCH3 is 1. The molecule has 0 radical (unpaired) electrons.